The summed E-state index contributed by atoms with van der Waals surface area (Å²) in [6, 6.07) is 10.9. The number of ether oxygens (including phenoxy) is 1. The third-order valence-corrected chi connectivity index (χ3v) is 7.50. The molecule has 0 amide bonds. The maximum Gasteiger partial charge on any atom is 0.339 e. The van der Waals surface area contributed by atoms with E-state index in [1.807, 2.05) is 0 Å². The fraction of sp³-hybridized carbons (Fsp3) is 0.278. The van der Waals surface area contributed by atoms with Gasteiger partial charge in [-0.3, -0.25) is 4.72 Å². The molecule has 2 aromatic rings. The predicted molar refractivity (Wildman–Crippen MR) is 105 cm³/mol. The molecule has 0 atom stereocenters. The van der Waals surface area contributed by atoms with E-state index in [9.17, 15) is 21.6 Å². The Bertz CT molecular complexity index is 1040. The molecule has 28 heavy (non-hydrogen) atoms. The number of sulfonamides is 2. The number of carbonyl (C=O) groups is 1. The average Bonchev–Trinajstić information content (AvgIpc) is 2.68. The van der Waals surface area contributed by atoms with E-state index in [4.69, 9.17) is 0 Å². The van der Waals surface area contributed by atoms with Crippen molar-refractivity contribution in [2.45, 2.75) is 23.6 Å². The van der Waals surface area contributed by atoms with Crippen LogP contribution in [-0.4, -0.2) is 47.3 Å². The van der Waals surface area contributed by atoms with Crippen molar-refractivity contribution < 1.29 is 26.4 Å². The minimum atomic E-state index is -4.04. The molecule has 8 nitrogen and oxygen atoms in total. The second kappa shape index (κ2) is 8.72. The molecule has 0 unspecified atom stereocenters. The van der Waals surface area contributed by atoms with E-state index in [1.165, 1.54) is 47.8 Å². The molecular weight excluding hydrogens is 404 g/mol. The minimum Gasteiger partial charge on any atom is -0.465 e. The van der Waals surface area contributed by atoms with Crippen LogP contribution in [0.4, 0.5) is 5.69 Å². The SMILES string of the molecule is CCN(CC)S(=O)(=O)c1ccc(S(=O)(=O)Nc2ccccc2C(=O)OC)cc1. The highest BCUT2D eigenvalue weighted by Gasteiger charge is 2.23. The van der Waals surface area contributed by atoms with E-state index >= 15 is 0 Å². The number of hydrogen-bond donors (Lipinski definition) is 1. The first-order chi connectivity index (χ1) is 13.2. The van der Waals surface area contributed by atoms with Crippen molar-refractivity contribution in [3.63, 3.8) is 0 Å². The van der Waals surface area contributed by atoms with Gasteiger partial charge in [0.15, 0.2) is 0 Å². The lowest BCUT2D eigenvalue weighted by molar-refractivity contribution is 0.0602. The van der Waals surface area contributed by atoms with Crippen molar-refractivity contribution in [3.8, 4) is 0 Å². The first-order valence-corrected chi connectivity index (χ1v) is 11.4. The van der Waals surface area contributed by atoms with Gasteiger partial charge in [-0.1, -0.05) is 26.0 Å². The molecule has 2 aromatic carbocycles. The molecule has 0 heterocycles. The van der Waals surface area contributed by atoms with Crippen molar-refractivity contribution in [2.24, 2.45) is 0 Å². The van der Waals surface area contributed by atoms with Crippen LogP contribution in [0.3, 0.4) is 0 Å². The molecule has 152 valence electrons. The summed E-state index contributed by atoms with van der Waals surface area (Å²) in [5.74, 6) is -0.682. The molecule has 0 aliphatic rings. The molecule has 0 saturated carbocycles. The monoisotopic (exact) mass is 426 g/mol. The number of carbonyl (C=O) groups excluding carboxylic acids is 1. The maximum absolute atomic E-state index is 12.6. The highest BCUT2D eigenvalue weighted by molar-refractivity contribution is 7.92. The lowest BCUT2D eigenvalue weighted by Crippen LogP contribution is -2.30. The smallest absolute Gasteiger partial charge is 0.339 e. The number of para-hydroxylation sites is 1. The summed E-state index contributed by atoms with van der Waals surface area (Å²) < 4.78 is 58.6. The Balaban J connectivity index is 2.35. The van der Waals surface area contributed by atoms with Crippen LogP contribution in [0.25, 0.3) is 0 Å². The van der Waals surface area contributed by atoms with E-state index in [0.717, 1.165) is 0 Å². The third-order valence-electron chi connectivity index (χ3n) is 4.05. The summed E-state index contributed by atoms with van der Waals surface area (Å²) in [5, 5.41) is 0. The van der Waals surface area contributed by atoms with Crippen molar-refractivity contribution in [1.29, 1.82) is 0 Å². The Morgan fingerprint density at radius 3 is 2.00 bits per heavy atom. The largest absolute Gasteiger partial charge is 0.465 e. The van der Waals surface area contributed by atoms with Gasteiger partial charge in [0.25, 0.3) is 10.0 Å². The summed E-state index contributed by atoms with van der Waals surface area (Å²) in [6.07, 6.45) is 0. The Hall–Kier alpha value is -2.43. The van der Waals surface area contributed by atoms with Crippen LogP contribution in [-0.2, 0) is 24.8 Å². The van der Waals surface area contributed by atoms with Gasteiger partial charge in [-0.15, -0.1) is 0 Å². The van der Waals surface area contributed by atoms with E-state index in [1.54, 1.807) is 26.0 Å². The maximum atomic E-state index is 12.6. The lowest BCUT2D eigenvalue weighted by Gasteiger charge is -2.18. The van der Waals surface area contributed by atoms with Gasteiger partial charge >= 0.3 is 5.97 Å². The van der Waals surface area contributed by atoms with Crippen molar-refractivity contribution in [2.75, 3.05) is 24.9 Å². The average molecular weight is 427 g/mol. The molecule has 0 aliphatic heterocycles. The minimum absolute atomic E-state index is 0.00473. The van der Waals surface area contributed by atoms with Crippen LogP contribution >= 0.6 is 0 Å². The first-order valence-electron chi connectivity index (χ1n) is 8.47. The summed E-state index contributed by atoms with van der Waals surface area (Å²) in [5.41, 5.74) is 0.128. The first kappa shape index (κ1) is 21.9. The van der Waals surface area contributed by atoms with Crippen molar-refractivity contribution in [3.05, 3.63) is 54.1 Å². The number of hydrogen-bond acceptors (Lipinski definition) is 6. The molecule has 0 aromatic heterocycles. The van der Waals surface area contributed by atoms with E-state index in [0.29, 0.717) is 13.1 Å². The number of anilines is 1. The van der Waals surface area contributed by atoms with Crippen LogP contribution in [0, 0.1) is 0 Å². The van der Waals surface area contributed by atoms with Gasteiger partial charge in [-0.2, -0.15) is 4.31 Å². The van der Waals surface area contributed by atoms with Gasteiger partial charge < -0.3 is 4.74 Å². The zero-order chi connectivity index (χ0) is 20.9. The zero-order valence-corrected chi connectivity index (χ0v) is 17.4. The normalized spacial score (nSPS) is 12.0. The molecule has 0 fully saturated rings. The van der Waals surface area contributed by atoms with E-state index < -0.39 is 26.0 Å². The molecule has 0 bridgehead atoms. The fourth-order valence-electron chi connectivity index (χ4n) is 2.57. The summed E-state index contributed by atoms with van der Waals surface area (Å²) in [6.45, 7) is 4.07. The van der Waals surface area contributed by atoms with Gasteiger partial charge in [0, 0.05) is 13.1 Å². The van der Waals surface area contributed by atoms with Gasteiger partial charge in [-0.25, -0.2) is 21.6 Å². The second-order valence-corrected chi connectivity index (χ2v) is 9.32. The van der Waals surface area contributed by atoms with E-state index in [2.05, 4.69) is 9.46 Å². The van der Waals surface area contributed by atoms with Gasteiger partial charge in [0.1, 0.15) is 0 Å². The quantitative estimate of drug-likeness (QED) is 0.649. The molecule has 10 heteroatoms. The summed E-state index contributed by atoms with van der Waals surface area (Å²) in [4.78, 5) is 11.7. The number of esters is 1. The van der Waals surface area contributed by atoms with Crippen molar-refractivity contribution >= 4 is 31.7 Å². The number of benzene rings is 2. The number of nitrogens with one attached hydrogen (secondary N) is 1. The Morgan fingerprint density at radius 1 is 0.929 bits per heavy atom. The van der Waals surface area contributed by atoms with Crippen LogP contribution in [0.1, 0.15) is 24.2 Å². The molecule has 0 spiro atoms. The Kier molecular flexibility index (Phi) is 6.81. The topological polar surface area (TPSA) is 110 Å². The fourth-order valence-corrected chi connectivity index (χ4v) is 5.10. The number of nitrogens with zero attached hydrogens (tertiary/aromatic N) is 1. The van der Waals surface area contributed by atoms with Gasteiger partial charge in [0.2, 0.25) is 10.0 Å². The van der Waals surface area contributed by atoms with Gasteiger partial charge in [0.05, 0.1) is 28.2 Å². The predicted octanol–water partition coefficient (Wildman–Crippen LogP) is 2.30. The van der Waals surface area contributed by atoms with Crippen LogP contribution in [0.2, 0.25) is 0 Å². The zero-order valence-electron chi connectivity index (χ0n) is 15.7. The molecule has 0 radical (unpaired) electrons. The lowest BCUT2D eigenvalue weighted by atomic mass is 10.2. The molecule has 1 N–H and O–H groups in total. The van der Waals surface area contributed by atoms with Gasteiger partial charge in [-0.05, 0) is 36.4 Å². The molecular formula is C18H22N2O6S2. The standard InChI is InChI=1S/C18H22N2O6S2/c1-4-20(5-2)28(24,25)15-12-10-14(11-13-15)27(22,23)19-17-9-7-6-8-16(17)18(21)26-3/h6-13,19H,4-5H2,1-3H3. The van der Waals surface area contributed by atoms with Crippen LogP contribution in [0.15, 0.2) is 58.3 Å². The van der Waals surface area contributed by atoms with Crippen molar-refractivity contribution in [1.82, 2.24) is 4.31 Å². The summed E-state index contributed by atoms with van der Waals surface area (Å²) in [7, 11) is -6.53. The molecule has 2 rings (SSSR count). The molecule has 0 aliphatic carbocycles. The highest BCUT2D eigenvalue weighted by atomic mass is 32.2. The number of rotatable bonds is 8. The highest BCUT2D eigenvalue weighted by Crippen LogP contribution is 2.23. The summed E-state index contributed by atoms with van der Waals surface area (Å²) >= 11 is 0. The van der Waals surface area contributed by atoms with Crippen LogP contribution in [0.5, 0.6) is 0 Å². The second-order valence-electron chi connectivity index (χ2n) is 5.70. The number of methoxy groups -OCH3 is 1. The molecule has 0 saturated heterocycles. The third kappa shape index (κ3) is 4.51. The Labute approximate surface area is 165 Å². The van der Waals surface area contributed by atoms with E-state index in [-0.39, 0.29) is 21.0 Å². The Morgan fingerprint density at radius 2 is 1.46 bits per heavy atom. The van der Waals surface area contributed by atoms with Crippen LogP contribution < -0.4 is 4.72 Å².